The fraction of sp³-hybridized carbons (Fsp3) is 0.571. The quantitative estimate of drug-likeness (QED) is 0.427. The van der Waals surface area contributed by atoms with Crippen LogP contribution in [-0.2, 0) is 11.3 Å². The monoisotopic (exact) mass is 356 g/mol. The molecule has 5 heteroatoms. The summed E-state index contributed by atoms with van der Waals surface area (Å²) in [6.07, 6.45) is 9.45. The lowest BCUT2D eigenvalue weighted by molar-refractivity contribution is 0.0732. The van der Waals surface area contributed by atoms with E-state index < -0.39 is 0 Å². The van der Waals surface area contributed by atoms with E-state index in [1.54, 1.807) is 7.11 Å². The highest BCUT2D eigenvalue weighted by Crippen LogP contribution is 2.43. The van der Waals surface area contributed by atoms with Gasteiger partial charge in [0, 0.05) is 52.6 Å². The summed E-state index contributed by atoms with van der Waals surface area (Å²) in [7, 11) is 3.62. The van der Waals surface area contributed by atoms with E-state index in [0.29, 0.717) is 5.41 Å². The third-order valence-electron chi connectivity index (χ3n) is 5.68. The maximum atomic E-state index is 5.28. The zero-order valence-corrected chi connectivity index (χ0v) is 16.1. The van der Waals surface area contributed by atoms with Gasteiger partial charge in [-0.1, -0.05) is 30.7 Å². The Hall–Kier alpha value is -2.01. The number of nitrogens with zero attached hydrogens (tertiary/aromatic N) is 2. The summed E-state index contributed by atoms with van der Waals surface area (Å²) in [6.45, 7) is 4.62. The molecule has 0 unspecified atom stereocenters. The first kappa shape index (κ1) is 18.8. The lowest BCUT2D eigenvalue weighted by Gasteiger charge is -2.42. The molecule has 0 radical (unpaired) electrons. The first-order chi connectivity index (χ1) is 12.7. The van der Waals surface area contributed by atoms with Crippen LogP contribution in [0.25, 0.3) is 0 Å². The minimum absolute atomic E-state index is 0.388. The molecule has 1 aromatic carbocycles. The van der Waals surface area contributed by atoms with Gasteiger partial charge in [-0.25, -0.2) is 0 Å². The van der Waals surface area contributed by atoms with Gasteiger partial charge >= 0.3 is 0 Å². The number of aliphatic imine (C=N–C) groups is 1. The summed E-state index contributed by atoms with van der Waals surface area (Å²) in [4.78, 5) is 6.73. The minimum atomic E-state index is 0.388. The molecule has 1 fully saturated rings. The number of nitrogens with one attached hydrogen (secondary N) is 2. The standard InChI is InChI=1S/C21H32N4O/c1-22-20(24-17-21(10-5-11-21)12-15-26-2)23-16-18-6-8-19(9-7-18)25-13-3-4-14-25/h3-4,6-9H,5,10-17H2,1-2H3,(H2,22,23,24). The van der Waals surface area contributed by atoms with Gasteiger partial charge in [0.25, 0.3) is 0 Å². The van der Waals surface area contributed by atoms with Crippen LogP contribution in [0.2, 0.25) is 0 Å². The van der Waals surface area contributed by atoms with E-state index in [9.17, 15) is 0 Å². The molecule has 0 amide bonds. The Morgan fingerprint density at radius 3 is 2.46 bits per heavy atom. The number of anilines is 1. The molecular formula is C21H32N4O. The largest absolute Gasteiger partial charge is 0.385 e. The van der Waals surface area contributed by atoms with Gasteiger partial charge in [-0.05, 0) is 42.4 Å². The Morgan fingerprint density at radius 1 is 1.15 bits per heavy atom. The summed E-state index contributed by atoms with van der Waals surface area (Å²) in [6, 6.07) is 8.79. The number of hydrogen-bond acceptors (Lipinski definition) is 3. The van der Waals surface area contributed by atoms with E-state index in [4.69, 9.17) is 4.74 Å². The van der Waals surface area contributed by atoms with Crippen LogP contribution in [0.15, 0.2) is 41.4 Å². The fourth-order valence-corrected chi connectivity index (χ4v) is 3.70. The van der Waals surface area contributed by atoms with Crippen molar-refractivity contribution < 1.29 is 4.74 Å². The van der Waals surface area contributed by atoms with Crippen LogP contribution in [0.4, 0.5) is 5.69 Å². The molecule has 0 bridgehead atoms. The number of guanidine groups is 1. The van der Waals surface area contributed by atoms with Crippen molar-refractivity contribution in [2.75, 3.05) is 45.3 Å². The molecule has 0 atom stereocenters. The molecule has 5 nitrogen and oxygen atoms in total. The summed E-state index contributed by atoms with van der Waals surface area (Å²) in [5.41, 5.74) is 2.94. The summed E-state index contributed by atoms with van der Waals surface area (Å²) >= 11 is 0. The van der Waals surface area contributed by atoms with Crippen molar-refractivity contribution in [3.8, 4) is 0 Å². The molecule has 0 aromatic heterocycles. The van der Waals surface area contributed by atoms with Gasteiger partial charge in [0.2, 0.25) is 0 Å². The van der Waals surface area contributed by atoms with Crippen LogP contribution < -0.4 is 15.5 Å². The normalized spacial score (nSPS) is 18.7. The average Bonchev–Trinajstić information content (AvgIpc) is 3.18. The van der Waals surface area contributed by atoms with E-state index in [1.165, 1.54) is 30.5 Å². The smallest absolute Gasteiger partial charge is 0.191 e. The zero-order valence-electron chi connectivity index (χ0n) is 16.1. The second-order valence-electron chi connectivity index (χ2n) is 7.42. The maximum Gasteiger partial charge on any atom is 0.191 e. The van der Waals surface area contributed by atoms with Crippen LogP contribution in [0, 0.1) is 5.41 Å². The predicted molar refractivity (Wildman–Crippen MR) is 109 cm³/mol. The Bertz CT molecular complexity index is 611. The van der Waals surface area contributed by atoms with E-state index in [-0.39, 0.29) is 0 Å². The van der Waals surface area contributed by atoms with E-state index >= 15 is 0 Å². The molecule has 2 aliphatic rings. The number of methoxy groups -OCH3 is 1. The Balaban J connectivity index is 1.45. The maximum absolute atomic E-state index is 5.28. The summed E-state index contributed by atoms with van der Waals surface area (Å²) < 4.78 is 5.28. The predicted octanol–water partition coefficient (Wildman–Crippen LogP) is 2.93. The van der Waals surface area contributed by atoms with Crippen molar-refractivity contribution in [2.45, 2.75) is 32.2 Å². The highest BCUT2D eigenvalue weighted by atomic mass is 16.5. The van der Waals surface area contributed by atoms with E-state index in [2.05, 4.69) is 56.9 Å². The van der Waals surface area contributed by atoms with Crippen molar-refractivity contribution >= 4 is 11.6 Å². The Kier molecular flexibility index (Phi) is 6.56. The highest BCUT2D eigenvalue weighted by molar-refractivity contribution is 5.79. The van der Waals surface area contributed by atoms with Crippen LogP contribution in [-0.4, -0.2) is 46.4 Å². The summed E-state index contributed by atoms with van der Waals surface area (Å²) in [5, 5.41) is 6.95. The number of hydrogen-bond donors (Lipinski definition) is 2. The van der Waals surface area contributed by atoms with Crippen molar-refractivity contribution in [3.63, 3.8) is 0 Å². The number of ether oxygens (including phenoxy) is 1. The lowest BCUT2D eigenvalue weighted by atomic mass is 9.67. The second-order valence-corrected chi connectivity index (χ2v) is 7.42. The molecule has 1 aromatic rings. The van der Waals surface area contributed by atoms with Gasteiger partial charge in [-0.15, -0.1) is 0 Å². The van der Waals surface area contributed by atoms with Crippen molar-refractivity contribution in [1.82, 2.24) is 10.6 Å². The molecule has 142 valence electrons. The van der Waals surface area contributed by atoms with Crippen LogP contribution in [0.1, 0.15) is 31.2 Å². The molecule has 0 spiro atoms. The van der Waals surface area contributed by atoms with Crippen LogP contribution >= 0.6 is 0 Å². The number of rotatable bonds is 8. The Morgan fingerprint density at radius 2 is 1.88 bits per heavy atom. The van der Waals surface area contributed by atoms with Gasteiger partial charge in [0.05, 0.1) is 0 Å². The molecule has 1 heterocycles. The average molecular weight is 357 g/mol. The molecule has 1 saturated carbocycles. The molecule has 3 rings (SSSR count). The number of benzene rings is 1. The molecule has 2 N–H and O–H groups in total. The zero-order chi connectivity index (χ0) is 18.2. The molecule has 26 heavy (non-hydrogen) atoms. The Labute approximate surface area is 157 Å². The van der Waals surface area contributed by atoms with Crippen LogP contribution in [0.5, 0.6) is 0 Å². The topological polar surface area (TPSA) is 48.9 Å². The third-order valence-corrected chi connectivity index (χ3v) is 5.68. The summed E-state index contributed by atoms with van der Waals surface area (Å²) in [5.74, 6) is 0.876. The molecule has 0 saturated heterocycles. The third kappa shape index (κ3) is 4.79. The SMILES string of the molecule is CN=C(NCc1ccc(N2CC=CC2)cc1)NCC1(CCOC)CCC1. The first-order valence-corrected chi connectivity index (χ1v) is 9.67. The fourth-order valence-electron chi connectivity index (χ4n) is 3.70. The van der Waals surface area contributed by atoms with Crippen LogP contribution in [0.3, 0.4) is 0 Å². The van der Waals surface area contributed by atoms with Gasteiger partial charge in [0.15, 0.2) is 5.96 Å². The molecule has 1 aliphatic carbocycles. The minimum Gasteiger partial charge on any atom is -0.385 e. The highest BCUT2D eigenvalue weighted by Gasteiger charge is 2.36. The lowest BCUT2D eigenvalue weighted by Crippen LogP contribution is -2.46. The van der Waals surface area contributed by atoms with Crippen molar-refractivity contribution in [2.24, 2.45) is 10.4 Å². The molecular weight excluding hydrogens is 324 g/mol. The second kappa shape index (κ2) is 9.08. The van der Waals surface area contributed by atoms with Crippen molar-refractivity contribution in [1.29, 1.82) is 0 Å². The van der Waals surface area contributed by atoms with Gasteiger partial charge in [0.1, 0.15) is 0 Å². The van der Waals surface area contributed by atoms with Gasteiger partial charge in [-0.3, -0.25) is 4.99 Å². The van der Waals surface area contributed by atoms with Gasteiger partial charge in [-0.2, -0.15) is 0 Å². The van der Waals surface area contributed by atoms with E-state index in [1.807, 2.05) is 7.05 Å². The first-order valence-electron chi connectivity index (χ1n) is 9.67. The van der Waals surface area contributed by atoms with Gasteiger partial charge < -0.3 is 20.3 Å². The van der Waals surface area contributed by atoms with E-state index in [0.717, 1.165) is 45.2 Å². The van der Waals surface area contributed by atoms with Crippen molar-refractivity contribution in [3.05, 3.63) is 42.0 Å². The molecule has 1 aliphatic heterocycles.